The average Bonchev–Trinajstić information content (AvgIpc) is 2.34. The summed E-state index contributed by atoms with van der Waals surface area (Å²) in [5.74, 6) is -0.0239. The molecular formula is C11H12Cl2N2O3. The molecule has 1 rings (SSSR count). The van der Waals surface area contributed by atoms with E-state index in [4.69, 9.17) is 23.2 Å². The van der Waals surface area contributed by atoms with E-state index >= 15 is 0 Å². The Balaban J connectivity index is 2.81. The lowest BCUT2D eigenvalue weighted by atomic mass is 10.1. The van der Waals surface area contributed by atoms with E-state index in [2.05, 4.69) is 5.32 Å². The number of carbonyl (C=O) groups is 1. The number of nitro groups is 1. The molecule has 0 radical (unpaired) electrons. The van der Waals surface area contributed by atoms with Gasteiger partial charge in [-0.2, -0.15) is 0 Å². The zero-order valence-electron chi connectivity index (χ0n) is 9.49. The highest BCUT2D eigenvalue weighted by molar-refractivity contribution is 6.34. The van der Waals surface area contributed by atoms with Crippen LogP contribution < -0.4 is 5.32 Å². The molecule has 0 aromatic heterocycles. The first-order valence-electron chi connectivity index (χ1n) is 5.35. The Hall–Kier alpha value is -1.33. The number of alkyl halides is 1. The van der Waals surface area contributed by atoms with Crippen LogP contribution in [0.25, 0.3) is 0 Å². The molecule has 1 aromatic carbocycles. The summed E-state index contributed by atoms with van der Waals surface area (Å²) in [7, 11) is 0. The van der Waals surface area contributed by atoms with Crippen LogP contribution in [0.2, 0.25) is 5.02 Å². The first-order valence-corrected chi connectivity index (χ1v) is 6.26. The zero-order valence-corrected chi connectivity index (χ0v) is 11.0. The molecule has 0 aliphatic heterocycles. The van der Waals surface area contributed by atoms with E-state index in [-0.39, 0.29) is 16.3 Å². The fraction of sp³-hybridized carbons (Fsp3) is 0.364. The van der Waals surface area contributed by atoms with Crippen molar-refractivity contribution in [2.45, 2.75) is 12.8 Å². The Morgan fingerprint density at radius 3 is 2.72 bits per heavy atom. The highest BCUT2D eigenvalue weighted by Gasteiger charge is 2.22. The van der Waals surface area contributed by atoms with Crippen LogP contribution in [0.5, 0.6) is 0 Å². The summed E-state index contributed by atoms with van der Waals surface area (Å²) in [5, 5.41) is 13.5. The second-order valence-electron chi connectivity index (χ2n) is 3.54. The largest absolute Gasteiger partial charge is 0.352 e. The highest BCUT2D eigenvalue weighted by atomic mass is 35.5. The molecule has 98 valence electrons. The molecule has 0 saturated heterocycles. The molecule has 1 aromatic rings. The number of nitrogens with one attached hydrogen (secondary N) is 1. The van der Waals surface area contributed by atoms with Crippen molar-refractivity contribution in [3.63, 3.8) is 0 Å². The fourth-order valence-corrected chi connectivity index (χ4v) is 1.84. The van der Waals surface area contributed by atoms with E-state index in [9.17, 15) is 14.9 Å². The van der Waals surface area contributed by atoms with Gasteiger partial charge in [-0.1, -0.05) is 17.7 Å². The van der Waals surface area contributed by atoms with E-state index < -0.39 is 10.8 Å². The zero-order chi connectivity index (χ0) is 13.5. The van der Waals surface area contributed by atoms with E-state index in [1.165, 1.54) is 18.2 Å². The third-order valence-corrected chi connectivity index (χ3v) is 2.84. The van der Waals surface area contributed by atoms with Crippen molar-refractivity contribution in [2.75, 3.05) is 12.4 Å². The van der Waals surface area contributed by atoms with Crippen LogP contribution in [0, 0.1) is 10.1 Å². The summed E-state index contributed by atoms with van der Waals surface area (Å²) in [5.41, 5.74) is -0.396. The number of hydrogen-bond acceptors (Lipinski definition) is 3. The standard InChI is InChI=1S/C11H12Cl2N2O3/c12-6-1-2-7-14-11(16)10-8(13)4-3-5-9(10)15(17)18/h3-5H,1-2,6-7H2,(H,14,16). The number of benzene rings is 1. The maximum atomic E-state index is 11.8. The Bertz CT molecular complexity index is 452. The minimum atomic E-state index is -0.625. The predicted molar refractivity (Wildman–Crippen MR) is 70.4 cm³/mol. The van der Waals surface area contributed by atoms with Gasteiger partial charge in [-0.25, -0.2) is 0 Å². The number of hydrogen-bond donors (Lipinski definition) is 1. The normalized spacial score (nSPS) is 10.1. The van der Waals surface area contributed by atoms with Crippen molar-refractivity contribution in [3.05, 3.63) is 38.9 Å². The molecule has 0 spiro atoms. The quantitative estimate of drug-likeness (QED) is 0.379. The molecule has 0 aliphatic carbocycles. The first-order chi connectivity index (χ1) is 8.57. The van der Waals surface area contributed by atoms with Crippen LogP contribution >= 0.6 is 23.2 Å². The molecule has 0 unspecified atom stereocenters. The lowest BCUT2D eigenvalue weighted by molar-refractivity contribution is -0.385. The van der Waals surface area contributed by atoms with E-state index in [1.807, 2.05) is 0 Å². The van der Waals surface area contributed by atoms with Crippen LogP contribution in [0.1, 0.15) is 23.2 Å². The molecule has 0 aliphatic rings. The fourth-order valence-electron chi connectivity index (χ4n) is 1.40. The molecule has 0 bridgehead atoms. The van der Waals surface area contributed by atoms with Gasteiger partial charge in [0.05, 0.1) is 9.95 Å². The van der Waals surface area contributed by atoms with Gasteiger partial charge in [0.15, 0.2) is 0 Å². The molecule has 1 amide bonds. The third-order valence-electron chi connectivity index (χ3n) is 2.26. The molecular weight excluding hydrogens is 279 g/mol. The number of nitro benzene ring substituents is 1. The van der Waals surface area contributed by atoms with Gasteiger partial charge in [0.25, 0.3) is 11.6 Å². The molecule has 0 atom stereocenters. The van der Waals surface area contributed by atoms with Gasteiger partial charge in [0.2, 0.25) is 0 Å². The number of rotatable bonds is 6. The summed E-state index contributed by atoms with van der Waals surface area (Å²) >= 11 is 11.3. The van der Waals surface area contributed by atoms with Gasteiger partial charge in [0.1, 0.15) is 5.56 Å². The van der Waals surface area contributed by atoms with Crippen molar-refractivity contribution < 1.29 is 9.72 Å². The topological polar surface area (TPSA) is 72.2 Å². The van der Waals surface area contributed by atoms with Crippen LogP contribution in [0.15, 0.2) is 18.2 Å². The third kappa shape index (κ3) is 3.85. The van der Waals surface area contributed by atoms with Gasteiger partial charge in [0, 0.05) is 18.5 Å². The predicted octanol–water partition coefficient (Wildman–Crippen LogP) is 3.00. The monoisotopic (exact) mass is 290 g/mol. The van der Waals surface area contributed by atoms with Gasteiger partial charge >= 0.3 is 0 Å². The molecule has 1 N–H and O–H groups in total. The summed E-state index contributed by atoms with van der Waals surface area (Å²) in [6, 6.07) is 4.13. The Morgan fingerprint density at radius 1 is 1.39 bits per heavy atom. The van der Waals surface area contributed by atoms with Crippen LogP contribution in [-0.4, -0.2) is 23.3 Å². The number of nitrogens with zero attached hydrogens (tertiary/aromatic N) is 1. The van der Waals surface area contributed by atoms with Gasteiger partial charge < -0.3 is 5.32 Å². The highest BCUT2D eigenvalue weighted by Crippen LogP contribution is 2.25. The van der Waals surface area contributed by atoms with Gasteiger partial charge in [-0.05, 0) is 18.9 Å². The Kier molecular flexibility index (Phi) is 5.88. The lowest BCUT2D eigenvalue weighted by Gasteiger charge is -2.06. The summed E-state index contributed by atoms with van der Waals surface area (Å²) in [6.07, 6.45) is 1.49. The maximum absolute atomic E-state index is 11.8. The van der Waals surface area contributed by atoms with Gasteiger partial charge in [-0.3, -0.25) is 14.9 Å². The number of amides is 1. The smallest absolute Gasteiger partial charge is 0.283 e. The van der Waals surface area contributed by atoms with E-state index in [0.29, 0.717) is 18.8 Å². The minimum Gasteiger partial charge on any atom is -0.352 e. The van der Waals surface area contributed by atoms with Crippen molar-refractivity contribution >= 4 is 34.8 Å². The molecule has 7 heteroatoms. The van der Waals surface area contributed by atoms with E-state index in [1.54, 1.807) is 0 Å². The minimum absolute atomic E-state index is 0.0686. The molecule has 18 heavy (non-hydrogen) atoms. The van der Waals surface area contributed by atoms with Crippen molar-refractivity contribution in [2.24, 2.45) is 0 Å². The molecule has 0 saturated carbocycles. The Morgan fingerprint density at radius 2 is 2.11 bits per heavy atom. The lowest BCUT2D eigenvalue weighted by Crippen LogP contribution is -2.25. The second kappa shape index (κ2) is 7.18. The second-order valence-corrected chi connectivity index (χ2v) is 4.33. The number of unbranched alkanes of at least 4 members (excludes halogenated alkanes) is 1. The van der Waals surface area contributed by atoms with Crippen molar-refractivity contribution in [3.8, 4) is 0 Å². The summed E-state index contributed by atoms with van der Waals surface area (Å²) in [4.78, 5) is 22.0. The summed E-state index contributed by atoms with van der Waals surface area (Å²) < 4.78 is 0. The Labute approximate surface area is 114 Å². The summed E-state index contributed by atoms with van der Waals surface area (Å²) in [6.45, 7) is 0.411. The molecule has 0 fully saturated rings. The molecule has 5 nitrogen and oxygen atoms in total. The average molecular weight is 291 g/mol. The number of halogens is 2. The molecule has 0 heterocycles. The van der Waals surface area contributed by atoms with E-state index in [0.717, 1.165) is 6.42 Å². The SMILES string of the molecule is O=C(NCCCCCl)c1c(Cl)cccc1[N+](=O)[O-]. The van der Waals surface area contributed by atoms with Crippen LogP contribution in [0.3, 0.4) is 0 Å². The van der Waals surface area contributed by atoms with Crippen molar-refractivity contribution in [1.29, 1.82) is 0 Å². The van der Waals surface area contributed by atoms with Crippen LogP contribution in [0.4, 0.5) is 5.69 Å². The van der Waals surface area contributed by atoms with Crippen LogP contribution in [-0.2, 0) is 0 Å². The van der Waals surface area contributed by atoms with Gasteiger partial charge in [-0.15, -0.1) is 11.6 Å². The number of carbonyl (C=O) groups excluding carboxylic acids is 1. The first kappa shape index (κ1) is 14.7. The van der Waals surface area contributed by atoms with Crippen molar-refractivity contribution in [1.82, 2.24) is 5.32 Å². The maximum Gasteiger partial charge on any atom is 0.283 e.